The maximum absolute atomic E-state index is 5.35. The van der Waals surface area contributed by atoms with Crippen LogP contribution in [0.4, 0.5) is 0 Å². The number of hydrogen-bond acceptors (Lipinski definition) is 3. The zero-order valence-electron chi connectivity index (χ0n) is 9.07. The summed E-state index contributed by atoms with van der Waals surface area (Å²) in [4.78, 5) is 7.22. The highest BCUT2D eigenvalue weighted by Gasteiger charge is 2.13. The van der Waals surface area contributed by atoms with Gasteiger partial charge in [-0.05, 0) is 46.5 Å². The third-order valence-corrected chi connectivity index (χ3v) is 3.45. The Balaban J connectivity index is 1.72. The fourth-order valence-electron chi connectivity index (χ4n) is 1.85. The zero-order chi connectivity index (χ0) is 11.7. The van der Waals surface area contributed by atoms with Crippen LogP contribution in [0.15, 0.2) is 29.1 Å². The minimum Gasteiger partial charge on any atom is -0.454 e. The zero-order valence-corrected chi connectivity index (χ0v) is 10.7. The maximum atomic E-state index is 5.35. The Hall–Kier alpha value is -1.49. The van der Waals surface area contributed by atoms with Crippen molar-refractivity contribution < 1.29 is 9.47 Å². The molecule has 0 amide bonds. The van der Waals surface area contributed by atoms with Crippen LogP contribution in [0.1, 0.15) is 11.3 Å². The number of fused-ring (bicyclic) bond motifs is 1. The first-order chi connectivity index (χ1) is 8.33. The van der Waals surface area contributed by atoms with Gasteiger partial charge in [0.1, 0.15) is 4.60 Å². The summed E-state index contributed by atoms with van der Waals surface area (Å²) in [6, 6.07) is 6.06. The molecule has 0 atom stereocenters. The monoisotopic (exact) mass is 294 g/mol. The Kier molecular flexibility index (Phi) is 2.76. The van der Waals surface area contributed by atoms with E-state index in [-0.39, 0.29) is 0 Å². The largest absolute Gasteiger partial charge is 0.454 e. The Bertz CT molecular complexity index is 539. The predicted octanol–water partition coefficient (Wildman–Crippen LogP) is 2.69. The van der Waals surface area contributed by atoms with Gasteiger partial charge in [0.15, 0.2) is 11.5 Å². The van der Waals surface area contributed by atoms with E-state index >= 15 is 0 Å². The molecule has 2 heterocycles. The van der Waals surface area contributed by atoms with Crippen LogP contribution in [-0.4, -0.2) is 16.8 Å². The second kappa shape index (κ2) is 4.41. The minimum atomic E-state index is 0.324. The number of rotatable bonds is 3. The van der Waals surface area contributed by atoms with Crippen molar-refractivity contribution in [3.8, 4) is 11.5 Å². The Labute approximate surface area is 107 Å². The van der Waals surface area contributed by atoms with Crippen LogP contribution in [0.2, 0.25) is 0 Å². The van der Waals surface area contributed by atoms with E-state index < -0.39 is 0 Å². The van der Waals surface area contributed by atoms with Crippen LogP contribution in [0.5, 0.6) is 11.5 Å². The fraction of sp³-hybridized carbons (Fsp3) is 0.250. The molecule has 1 N–H and O–H groups in total. The van der Waals surface area contributed by atoms with Crippen molar-refractivity contribution in [2.24, 2.45) is 0 Å². The van der Waals surface area contributed by atoms with Gasteiger partial charge in [0.2, 0.25) is 6.79 Å². The number of ether oxygens (including phenoxy) is 2. The number of halogens is 1. The number of nitrogens with zero attached hydrogens (tertiary/aromatic N) is 1. The number of aromatic amines is 1. The van der Waals surface area contributed by atoms with E-state index in [4.69, 9.17) is 9.47 Å². The Morgan fingerprint density at radius 1 is 1.24 bits per heavy atom. The normalized spacial score (nSPS) is 13.0. The number of hydrogen-bond donors (Lipinski definition) is 1. The summed E-state index contributed by atoms with van der Waals surface area (Å²) >= 11 is 3.40. The SMILES string of the molecule is Brc1nc[nH]c1CCc1ccc2c(c1)OCO2. The Morgan fingerprint density at radius 3 is 2.94 bits per heavy atom. The molecular formula is C12H11BrN2O2. The van der Waals surface area contributed by atoms with Crippen molar-refractivity contribution in [3.63, 3.8) is 0 Å². The van der Waals surface area contributed by atoms with Crippen molar-refractivity contribution in [3.05, 3.63) is 40.4 Å². The average Bonchev–Trinajstić information content (AvgIpc) is 2.94. The molecule has 0 fully saturated rings. The molecule has 88 valence electrons. The van der Waals surface area contributed by atoms with Gasteiger partial charge in [-0.3, -0.25) is 0 Å². The van der Waals surface area contributed by atoms with Gasteiger partial charge in [0.25, 0.3) is 0 Å². The van der Waals surface area contributed by atoms with Crippen LogP contribution in [0.3, 0.4) is 0 Å². The summed E-state index contributed by atoms with van der Waals surface area (Å²) in [6.45, 7) is 0.324. The maximum Gasteiger partial charge on any atom is 0.231 e. The molecule has 1 aliphatic rings. The molecule has 0 radical (unpaired) electrons. The first-order valence-corrected chi connectivity index (χ1v) is 6.18. The average molecular weight is 295 g/mol. The fourth-order valence-corrected chi connectivity index (χ4v) is 2.26. The Morgan fingerprint density at radius 2 is 2.12 bits per heavy atom. The van der Waals surface area contributed by atoms with E-state index in [1.165, 1.54) is 5.56 Å². The quantitative estimate of drug-likeness (QED) is 0.947. The molecule has 0 saturated carbocycles. The molecule has 1 aromatic heterocycles. The van der Waals surface area contributed by atoms with Crippen molar-refractivity contribution >= 4 is 15.9 Å². The van der Waals surface area contributed by atoms with Gasteiger partial charge in [-0.2, -0.15) is 0 Å². The van der Waals surface area contributed by atoms with E-state index in [2.05, 4.69) is 32.0 Å². The summed E-state index contributed by atoms with van der Waals surface area (Å²) in [5.74, 6) is 1.67. The molecule has 0 unspecified atom stereocenters. The van der Waals surface area contributed by atoms with Crippen molar-refractivity contribution in [1.82, 2.24) is 9.97 Å². The number of nitrogens with one attached hydrogen (secondary N) is 1. The third-order valence-electron chi connectivity index (χ3n) is 2.77. The van der Waals surface area contributed by atoms with Gasteiger partial charge in [-0.15, -0.1) is 0 Å². The van der Waals surface area contributed by atoms with Crippen LogP contribution in [-0.2, 0) is 12.8 Å². The van der Waals surface area contributed by atoms with Crippen LogP contribution >= 0.6 is 15.9 Å². The first-order valence-electron chi connectivity index (χ1n) is 5.39. The van der Waals surface area contributed by atoms with Gasteiger partial charge in [0, 0.05) is 5.69 Å². The molecular weight excluding hydrogens is 284 g/mol. The molecule has 2 aromatic rings. The second-order valence-electron chi connectivity index (χ2n) is 3.86. The van der Waals surface area contributed by atoms with E-state index in [0.717, 1.165) is 34.6 Å². The summed E-state index contributed by atoms with van der Waals surface area (Å²) in [5.41, 5.74) is 2.35. The highest BCUT2D eigenvalue weighted by atomic mass is 79.9. The van der Waals surface area contributed by atoms with Crippen molar-refractivity contribution in [2.45, 2.75) is 12.8 Å². The number of benzene rings is 1. The topological polar surface area (TPSA) is 47.1 Å². The molecule has 1 aliphatic heterocycles. The van der Waals surface area contributed by atoms with Gasteiger partial charge in [-0.25, -0.2) is 4.98 Å². The summed E-state index contributed by atoms with van der Waals surface area (Å²) in [6.07, 6.45) is 3.55. The highest BCUT2D eigenvalue weighted by molar-refractivity contribution is 9.10. The van der Waals surface area contributed by atoms with Crippen molar-refractivity contribution in [1.29, 1.82) is 0 Å². The third kappa shape index (κ3) is 2.15. The molecule has 3 rings (SSSR count). The molecule has 0 aliphatic carbocycles. The summed E-state index contributed by atoms with van der Waals surface area (Å²) in [5, 5.41) is 0. The van der Waals surface area contributed by atoms with Gasteiger partial charge in [0.05, 0.1) is 6.33 Å². The second-order valence-corrected chi connectivity index (χ2v) is 4.61. The number of imidazole rings is 1. The predicted molar refractivity (Wildman–Crippen MR) is 66.3 cm³/mol. The lowest BCUT2D eigenvalue weighted by Crippen LogP contribution is -1.93. The summed E-state index contributed by atoms with van der Waals surface area (Å²) in [7, 11) is 0. The standard InChI is InChI=1S/C12H11BrN2O2/c13-12-9(14-6-15-12)3-1-8-2-4-10-11(5-8)17-7-16-10/h2,4-6H,1,3,7H2,(H,14,15). The van der Waals surface area contributed by atoms with Gasteiger partial charge < -0.3 is 14.5 Å². The molecule has 17 heavy (non-hydrogen) atoms. The molecule has 0 bridgehead atoms. The lowest BCUT2D eigenvalue weighted by Gasteiger charge is -2.02. The van der Waals surface area contributed by atoms with Crippen LogP contribution in [0, 0.1) is 0 Å². The minimum absolute atomic E-state index is 0.324. The highest BCUT2D eigenvalue weighted by Crippen LogP contribution is 2.32. The van der Waals surface area contributed by atoms with Crippen molar-refractivity contribution in [2.75, 3.05) is 6.79 Å². The smallest absolute Gasteiger partial charge is 0.231 e. The molecule has 0 spiro atoms. The molecule has 5 heteroatoms. The molecule has 1 aromatic carbocycles. The van der Waals surface area contributed by atoms with Gasteiger partial charge >= 0.3 is 0 Å². The van der Waals surface area contributed by atoms with Crippen LogP contribution < -0.4 is 9.47 Å². The van der Waals surface area contributed by atoms with Crippen LogP contribution in [0.25, 0.3) is 0 Å². The van der Waals surface area contributed by atoms with Gasteiger partial charge in [-0.1, -0.05) is 6.07 Å². The summed E-state index contributed by atoms with van der Waals surface area (Å²) < 4.78 is 11.5. The lowest BCUT2D eigenvalue weighted by molar-refractivity contribution is 0.174. The van der Waals surface area contributed by atoms with E-state index in [0.29, 0.717) is 6.79 Å². The number of H-pyrrole nitrogens is 1. The van der Waals surface area contributed by atoms with E-state index in [1.54, 1.807) is 6.33 Å². The molecule has 4 nitrogen and oxygen atoms in total. The first kappa shape index (κ1) is 10.7. The lowest BCUT2D eigenvalue weighted by atomic mass is 10.1. The molecule has 0 saturated heterocycles. The van der Waals surface area contributed by atoms with E-state index in [9.17, 15) is 0 Å². The number of aromatic nitrogens is 2. The number of aryl methyl sites for hydroxylation is 2. The van der Waals surface area contributed by atoms with E-state index in [1.807, 2.05) is 12.1 Å².